The van der Waals surface area contributed by atoms with Crippen molar-refractivity contribution in [2.45, 2.75) is 65.4 Å². The minimum Gasteiger partial charge on any atom is -0.376 e. The van der Waals surface area contributed by atoms with Crippen LogP contribution in [0, 0.1) is 16.0 Å². The van der Waals surface area contributed by atoms with Crippen molar-refractivity contribution in [1.82, 2.24) is 9.97 Å². The second kappa shape index (κ2) is 5.81. The zero-order valence-corrected chi connectivity index (χ0v) is 14.2. The van der Waals surface area contributed by atoms with Crippen molar-refractivity contribution < 1.29 is 4.74 Å². The van der Waals surface area contributed by atoms with Crippen LogP contribution in [0.4, 0.5) is 0 Å². The third kappa shape index (κ3) is 3.21. The molecule has 1 N–H and O–H groups in total. The summed E-state index contributed by atoms with van der Waals surface area (Å²) in [7, 11) is 0. The van der Waals surface area contributed by atoms with Crippen LogP contribution in [-0.4, -0.2) is 16.6 Å². The molecule has 0 aromatic carbocycles. The van der Waals surface area contributed by atoms with Crippen molar-refractivity contribution in [2.75, 3.05) is 6.61 Å². The molecule has 1 aromatic rings. The van der Waals surface area contributed by atoms with E-state index in [1.54, 1.807) is 0 Å². The predicted octanol–water partition coefficient (Wildman–Crippen LogP) is 4.53. The van der Waals surface area contributed by atoms with Crippen LogP contribution in [0.5, 0.6) is 0 Å². The highest BCUT2D eigenvalue weighted by atomic mass is 32.1. The standard InChI is InChI=1S/C17H26N2OS/c1-17(2,3)12-6-4-11(5-7-12)15-18-14-8-9-20-10-13(14)16(21)19-15/h11-12H,4-10H2,1-3H3,(H,18,19,21). The number of hydrogen-bond donors (Lipinski definition) is 1. The first-order valence-corrected chi connectivity index (χ1v) is 8.55. The zero-order chi connectivity index (χ0) is 15.0. The summed E-state index contributed by atoms with van der Waals surface area (Å²) in [5.41, 5.74) is 2.79. The summed E-state index contributed by atoms with van der Waals surface area (Å²) in [6.45, 7) is 8.50. The van der Waals surface area contributed by atoms with E-state index in [9.17, 15) is 0 Å². The molecule has 0 saturated heterocycles. The minimum atomic E-state index is 0.429. The molecule has 116 valence electrons. The Morgan fingerprint density at radius 2 is 1.90 bits per heavy atom. The summed E-state index contributed by atoms with van der Waals surface area (Å²) in [4.78, 5) is 8.25. The number of nitrogens with zero attached hydrogens (tertiary/aromatic N) is 1. The highest BCUT2D eigenvalue weighted by Crippen LogP contribution is 2.42. The number of aromatic nitrogens is 2. The first kappa shape index (κ1) is 15.2. The summed E-state index contributed by atoms with van der Waals surface area (Å²) < 4.78 is 6.23. The molecule has 0 unspecified atom stereocenters. The number of fused-ring (bicyclic) bond motifs is 1. The van der Waals surface area contributed by atoms with Crippen LogP contribution in [0.1, 0.15) is 69.5 Å². The number of H-pyrrole nitrogens is 1. The van der Waals surface area contributed by atoms with Crippen molar-refractivity contribution in [3.05, 3.63) is 21.7 Å². The number of rotatable bonds is 1. The largest absolute Gasteiger partial charge is 0.376 e. The first-order valence-electron chi connectivity index (χ1n) is 8.15. The monoisotopic (exact) mass is 306 g/mol. The smallest absolute Gasteiger partial charge is 0.135 e. The number of nitrogens with one attached hydrogen (secondary N) is 1. The van der Waals surface area contributed by atoms with Gasteiger partial charge in [0.1, 0.15) is 10.5 Å². The summed E-state index contributed by atoms with van der Waals surface area (Å²) in [6.07, 6.45) is 6.00. The third-order valence-electron chi connectivity index (χ3n) is 5.20. The number of aromatic amines is 1. The Morgan fingerprint density at radius 3 is 2.57 bits per heavy atom. The van der Waals surface area contributed by atoms with Gasteiger partial charge in [-0.05, 0) is 37.0 Å². The summed E-state index contributed by atoms with van der Waals surface area (Å²) in [5.74, 6) is 2.51. The van der Waals surface area contributed by atoms with Gasteiger partial charge in [-0.25, -0.2) is 4.98 Å². The molecular weight excluding hydrogens is 280 g/mol. The summed E-state index contributed by atoms with van der Waals surface area (Å²) in [5, 5.41) is 0. The van der Waals surface area contributed by atoms with Gasteiger partial charge in [0.05, 0.1) is 13.2 Å². The van der Waals surface area contributed by atoms with Gasteiger partial charge in [-0.3, -0.25) is 0 Å². The molecule has 0 bridgehead atoms. The lowest BCUT2D eigenvalue weighted by Crippen LogP contribution is -2.26. The van der Waals surface area contributed by atoms with Crippen LogP contribution in [0.3, 0.4) is 0 Å². The van der Waals surface area contributed by atoms with Crippen LogP contribution >= 0.6 is 12.2 Å². The molecule has 1 fully saturated rings. The Kier molecular flexibility index (Phi) is 4.19. The molecular formula is C17H26N2OS. The van der Waals surface area contributed by atoms with Gasteiger partial charge < -0.3 is 9.72 Å². The average molecular weight is 306 g/mol. The maximum absolute atomic E-state index is 5.49. The third-order valence-corrected chi connectivity index (χ3v) is 5.54. The fraction of sp³-hybridized carbons (Fsp3) is 0.765. The molecule has 1 aliphatic heterocycles. The molecule has 0 amide bonds. The first-order chi connectivity index (χ1) is 9.95. The van der Waals surface area contributed by atoms with E-state index in [1.165, 1.54) is 31.4 Å². The Labute approximate surface area is 132 Å². The van der Waals surface area contributed by atoms with Crippen LogP contribution in [0.15, 0.2) is 0 Å². The van der Waals surface area contributed by atoms with E-state index in [0.29, 0.717) is 17.9 Å². The molecule has 2 aliphatic rings. The van der Waals surface area contributed by atoms with Crippen LogP contribution < -0.4 is 0 Å². The van der Waals surface area contributed by atoms with Crippen molar-refractivity contribution >= 4 is 12.2 Å². The highest BCUT2D eigenvalue weighted by molar-refractivity contribution is 7.71. The van der Waals surface area contributed by atoms with E-state index in [1.807, 2.05) is 0 Å². The highest BCUT2D eigenvalue weighted by Gasteiger charge is 2.31. The SMILES string of the molecule is CC(C)(C)C1CCC(c2nc(=S)c3c([nH]2)CCOC3)CC1. The van der Waals surface area contributed by atoms with E-state index < -0.39 is 0 Å². The Morgan fingerprint density at radius 1 is 1.19 bits per heavy atom. The van der Waals surface area contributed by atoms with Gasteiger partial charge in [-0.2, -0.15) is 0 Å². The van der Waals surface area contributed by atoms with Gasteiger partial charge >= 0.3 is 0 Å². The topological polar surface area (TPSA) is 37.9 Å². The Balaban J connectivity index is 1.77. The second-order valence-corrected chi connectivity index (χ2v) is 7.99. The number of hydrogen-bond acceptors (Lipinski definition) is 3. The summed E-state index contributed by atoms with van der Waals surface area (Å²) >= 11 is 5.47. The Hall–Kier alpha value is -0.740. The molecule has 2 heterocycles. The second-order valence-electron chi connectivity index (χ2n) is 7.60. The summed E-state index contributed by atoms with van der Waals surface area (Å²) in [6, 6.07) is 0. The van der Waals surface area contributed by atoms with Crippen LogP contribution in [0.2, 0.25) is 0 Å². The van der Waals surface area contributed by atoms with Crippen molar-refractivity contribution in [3.8, 4) is 0 Å². The van der Waals surface area contributed by atoms with Gasteiger partial charge in [-0.15, -0.1) is 0 Å². The molecule has 1 aliphatic carbocycles. The molecule has 1 saturated carbocycles. The minimum absolute atomic E-state index is 0.429. The van der Waals surface area contributed by atoms with Gasteiger partial charge in [0.25, 0.3) is 0 Å². The lowest BCUT2D eigenvalue weighted by Gasteiger charge is -2.36. The van der Waals surface area contributed by atoms with Crippen LogP contribution in [0.25, 0.3) is 0 Å². The van der Waals surface area contributed by atoms with E-state index in [2.05, 4.69) is 30.7 Å². The van der Waals surface area contributed by atoms with Gasteiger partial charge in [0.2, 0.25) is 0 Å². The zero-order valence-electron chi connectivity index (χ0n) is 13.4. The van der Waals surface area contributed by atoms with Crippen molar-refractivity contribution in [3.63, 3.8) is 0 Å². The fourth-order valence-corrected chi connectivity index (χ4v) is 3.98. The van der Waals surface area contributed by atoms with Crippen molar-refractivity contribution in [2.24, 2.45) is 11.3 Å². The molecule has 3 nitrogen and oxygen atoms in total. The maximum atomic E-state index is 5.49. The predicted molar refractivity (Wildman–Crippen MR) is 86.9 cm³/mol. The van der Waals surface area contributed by atoms with E-state index in [0.717, 1.165) is 35.0 Å². The number of ether oxygens (including phenoxy) is 1. The molecule has 0 atom stereocenters. The molecule has 3 rings (SSSR count). The normalized spacial score (nSPS) is 26.4. The average Bonchev–Trinajstić information content (AvgIpc) is 2.46. The van der Waals surface area contributed by atoms with Crippen molar-refractivity contribution in [1.29, 1.82) is 0 Å². The molecule has 0 spiro atoms. The molecule has 1 aromatic heterocycles. The quantitative estimate of drug-likeness (QED) is 0.775. The lowest BCUT2D eigenvalue weighted by atomic mass is 9.69. The fourth-order valence-electron chi connectivity index (χ4n) is 3.70. The van der Waals surface area contributed by atoms with Gasteiger partial charge in [0, 0.05) is 23.6 Å². The molecule has 21 heavy (non-hydrogen) atoms. The van der Waals surface area contributed by atoms with Gasteiger partial charge in [-0.1, -0.05) is 33.0 Å². The lowest BCUT2D eigenvalue weighted by molar-refractivity contribution is 0.108. The van der Waals surface area contributed by atoms with E-state index in [-0.39, 0.29) is 0 Å². The van der Waals surface area contributed by atoms with Gasteiger partial charge in [0.15, 0.2) is 0 Å². The van der Waals surface area contributed by atoms with E-state index in [4.69, 9.17) is 17.0 Å². The maximum Gasteiger partial charge on any atom is 0.135 e. The van der Waals surface area contributed by atoms with Crippen LogP contribution in [-0.2, 0) is 17.8 Å². The molecule has 0 radical (unpaired) electrons. The Bertz CT molecular complexity index is 565. The van der Waals surface area contributed by atoms with E-state index >= 15 is 0 Å². The molecule has 4 heteroatoms.